The van der Waals surface area contributed by atoms with Crippen molar-refractivity contribution in [1.82, 2.24) is 10.6 Å². The summed E-state index contributed by atoms with van der Waals surface area (Å²) in [7, 11) is 1.60. The smallest absolute Gasteiger partial charge is 0.251 e. The third kappa shape index (κ3) is 4.59. The topological polar surface area (TPSA) is 67.4 Å². The molecule has 0 saturated carbocycles. The van der Waals surface area contributed by atoms with E-state index >= 15 is 0 Å². The van der Waals surface area contributed by atoms with Crippen LogP contribution in [0.25, 0.3) is 0 Å². The first-order chi connectivity index (χ1) is 11.5. The highest BCUT2D eigenvalue weighted by Crippen LogP contribution is 2.25. The van der Waals surface area contributed by atoms with Gasteiger partial charge >= 0.3 is 0 Å². The number of ether oxygens (including phenoxy) is 1. The highest BCUT2D eigenvalue weighted by molar-refractivity contribution is 5.96. The van der Waals surface area contributed by atoms with Crippen molar-refractivity contribution in [2.75, 3.05) is 13.7 Å². The molecule has 0 bridgehead atoms. The van der Waals surface area contributed by atoms with Crippen molar-refractivity contribution in [3.8, 4) is 5.75 Å². The van der Waals surface area contributed by atoms with Gasteiger partial charge in [0.15, 0.2) is 0 Å². The third-order valence-corrected chi connectivity index (χ3v) is 3.67. The number of hydrogen-bond acceptors (Lipinski definition) is 3. The summed E-state index contributed by atoms with van der Waals surface area (Å²) in [6, 6.07) is 14.4. The second-order valence-electron chi connectivity index (χ2n) is 5.58. The lowest BCUT2D eigenvalue weighted by Crippen LogP contribution is -2.38. The van der Waals surface area contributed by atoms with Crippen LogP contribution in [0.15, 0.2) is 48.5 Å². The van der Waals surface area contributed by atoms with Gasteiger partial charge in [0, 0.05) is 11.1 Å². The Morgan fingerprint density at radius 3 is 2.50 bits per heavy atom. The standard InChI is InChI=1S/C19H22N2O3/c1-13-9-10-17(24-3)16(11-13)14(2)21-18(22)12-20-19(23)15-7-5-4-6-8-15/h4-11,14H,12H2,1-3H3,(H,20,23)(H,21,22)/t14-/m1/s1. The summed E-state index contributed by atoms with van der Waals surface area (Å²) < 4.78 is 5.34. The number of nitrogens with one attached hydrogen (secondary N) is 2. The molecule has 1 atom stereocenters. The van der Waals surface area contributed by atoms with E-state index in [0.29, 0.717) is 5.56 Å². The lowest BCUT2D eigenvalue weighted by molar-refractivity contribution is -0.120. The molecule has 2 aromatic rings. The van der Waals surface area contributed by atoms with Crippen LogP contribution >= 0.6 is 0 Å². The van der Waals surface area contributed by atoms with Gasteiger partial charge in [-0.2, -0.15) is 0 Å². The fourth-order valence-electron chi connectivity index (χ4n) is 2.41. The second kappa shape index (κ2) is 8.15. The fourth-order valence-corrected chi connectivity index (χ4v) is 2.41. The van der Waals surface area contributed by atoms with Crippen LogP contribution in [-0.2, 0) is 4.79 Å². The number of aryl methyl sites for hydroxylation is 1. The zero-order valence-electron chi connectivity index (χ0n) is 14.1. The summed E-state index contributed by atoms with van der Waals surface area (Å²) in [5.74, 6) is 0.198. The largest absolute Gasteiger partial charge is 0.496 e. The van der Waals surface area contributed by atoms with Gasteiger partial charge in [-0.05, 0) is 32.0 Å². The number of hydrogen-bond donors (Lipinski definition) is 2. The van der Waals surface area contributed by atoms with Crippen LogP contribution in [0, 0.1) is 6.92 Å². The molecule has 0 heterocycles. The lowest BCUT2D eigenvalue weighted by Gasteiger charge is -2.18. The van der Waals surface area contributed by atoms with Gasteiger partial charge in [0.25, 0.3) is 5.91 Å². The van der Waals surface area contributed by atoms with Crippen LogP contribution < -0.4 is 15.4 Å². The molecule has 0 radical (unpaired) electrons. The second-order valence-corrected chi connectivity index (χ2v) is 5.58. The Morgan fingerprint density at radius 2 is 1.83 bits per heavy atom. The SMILES string of the molecule is COc1ccc(C)cc1[C@@H](C)NC(=O)CNC(=O)c1ccccc1. The van der Waals surface area contributed by atoms with Crippen LogP contribution in [0.1, 0.15) is 34.5 Å². The minimum atomic E-state index is -0.272. The maximum Gasteiger partial charge on any atom is 0.251 e. The summed E-state index contributed by atoms with van der Waals surface area (Å²) in [5.41, 5.74) is 2.52. The van der Waals surface area contributed by atoms with Gasteiger partial charge in [-0.3, -0.25) is 9.59 Å². The van der Waals surface area contributed by atoms with Crippen LogP contribution in [0.3, 0.4) is 0 Å². The molecule has 0 unspecified atom stereocenters. The molecule has 2 N–H and O–H groups in total. The maximum atomic E-state index is 12.1. The molecular weight excluding hydrogens is 304 g/mol. The predicted octanol–water partition coefficient (Wildman–Crippen LogP) is 2.61. The van der Waals surface area contributed by atoms with E-state index in [1.54, 1.807) is 31.4 Å². The summed E-state index contributed by atoms with van der Waals surface area (Å²) in [6.45, 7) is 3.79. The first-order valence-electron chi connectivity index (χ1n) is 7.78. The van der Waals surface area contributed by atoms with E-state index in [9.17, 15) is 9.59 Å². The molecule has 0 aliphatic rings. The summed E-state index contributed by atoms with van der Waals surface area (Å²) in [6.07, 6.45) is 0. The van der Waals surface area contributed by atoms with Gasteiger partial charge in [-0.25, -0.2) is 0 Å². The maximum absolute atomic E-state index is 12.1. The van der Waals surface area contributed by atoms with Gasteiger partial charge < -0.3 is 15.4 Å². The Morgan fingerprint density at radius 1 is 1.12 bits per heavy atom. The molecule has 2 amide bonds. The van der Waals surface area contributed by atoms with Gasteiger partial charge in [0.1, 0.15) is 5.75 Å². The number of methoxy groups -OCH3 is 1. The van der Waals surface area contributed by atoms with Crippen LogP contribution in [-0.4, -0.2) is 25.5 Å². The first-order valence-corrected chi connectivity index (χ1v) is 7.78. The quantitative estimate of drug-likeness (QED) is 0.857. The van der Waals surface area contributed by atoms with Crippen molar-refractivity contribution in [3.63, 3.8) is 0 Å². The average Bonchev–Trinajstić information content (AvgIpc) is 2.60. The minimum absolute atomic E-state index is 0.0772. The van der Waals surface area contributed by atoms with Gasteiger partial charge in [0.2, 0.25) is 5.91 Å². The van der Waals surface area contributed by atoms with E-state index in [-0.39, 0.29) is 24.4 Å². The van der Waals surface area contributed by atoms with Crippen LogP contribution in [0.4, 0.5) is 0 Å². The third-order valence-electron chi connectivity index (χ3n) is 3.67. The van der Waals surface area contributed by atoms with Crippen molar-refractivity contribution in [2.24, 2.45) is 0 Å². The Bertz CT molecular complexity index is 714. The number of amides is 2. The summed E-state index contributed by atoms with van der Waals surface area (Å²) >= 11 is 0. The van der Waals surface area contributed by atoms with Crippen molar-refractivity contribution >= 4 is 11.8 Å². The van der Waals surface area contributed by atoms with Gasteiger partial charge in [0.05, 0.1) is 19.7 Å². The molecule has 24 heavy (non-hydrogen) atoms. The van der Waals surface area contributed by atoms with Gasteiger partial charge in [-0.1, -0.05) is 35.9 Å². The molecule has 0 aromatic heterocycles. The molecule has 126 valence electrons. The Balaban J connectivity index is 1.92. The first kappa shape index (κ1) is 17.5. The Kier molecular flexibility index (Phi) is 5.95. The molecule has 2 rings (SSSR count). The normalized spacial score (nSPS) is 11.5. The summed E-state index contributed by atoms with van der Waals surface area (Å²) in [5, 5.41) is 5.48. The number of rotatable bonds is 6. The van der Waals surface area contributed by atoms with Crippen LogP contribution in [0.2, 0.25) is 0 Å². The molecule has 0 saturated heterocycles. The minimum Gasteiger partial charge on any atom is -0.496 e. The molecule has 0 aliphatic carbocycles. The van der Waals surface area contributed by atoms with E-state index in [0.717, 1.165) is 16.9 Å². The molecule has 0 aliphatic heterocycles. The molecule has 2 aromatic carbocycles. The fraction of sp³-hybridized carbons (Fsp3) is 0.263. The highest BCUT2D eigenvalue weighted by Gasteiger charge is 2.15. The lowest BCUT2D eigenvalue weighted by atomic mass is 10.0. The van der Waals surface area contributed by atoms with Crippen molar-refractivity contribution < 1.29 is 14.3 Å². The molecule has 5 heteroatoms. The molecule has 0 fully saturated rings. The van der Waals surface area contributed by atoms with E-state index in [1.807, 2.05) is 38.1 Å². The van der Waals surface area contributed by atoms with Gasteiger partial charge in [-0.15, -0.1) is 0 Å². The zero-order chi connectivity index (χ0) is 17.5. The Hall–Kier alpha value is -2.82. The number of carbonyl (C=O) groups is 2. The van der Waals surface area contributed by atoms with E-state index in [4.69, 9.17) is 4.74 Å². The average molecular weight is 326 g/mol. The molecule has 0 spiro atoms. The Labute approximate surface area is 142 Å². The molecular formula is C19H22N2O3. The highest BCUT2D eigenvalue weighted by atomic mass is 16.5. The number of carbonyl (C=O) groups excluding carboxylic acids is 2. The van der Waals surface area contributed by atoms with Crippen LogP contribution in [0.5, 0.6) is 5.75 Å². The van der Waals surface area contributed by atoms with Crippen molar-refractivity contribution in [3.05, 3.63) is 65.2 Å². The molecule has 5 nitrogen and oxygen atoms in total. The number of benzene rings is 2. The zero-order valence-corrected chi connectivity index (χ0v) is 14.1. The monoisotopic (exact) mass is 326 g/mol. The van der Waals surface area contributed by atoms with E-state index in [2.05, 4.69) is 10.6 Å². The predicted molar refractivity (Wildman–Crippen MR) is 93.1 cm³/mol. The van der Waals surface area contributed by atoms with E-state index in [1.165, 1.54) is 0 Å². The van der Waals surface area contributed by atoms with Crippen molar-refractivity contribution in [1.29, 1.82) is 0 Å². The summed E-state index contributed by atoms with van der Waals surface area (Å²) in [4.78, 5) is 24.0. The van der Waals surface area contributed by atoms with Crippen molar-refractivity contribution in [2.45, 2.75) is 19.9 Å². The van der Waals surface area contributed by atoms with E-state index < -0.39 is 0 Å².